The van der Waals surface area contributed by atoms with Crippen LogP contribution in [0.3, 0.4) is 0 Å². The van der Waals surface area contributed by atoms with Crippen molar-refractivity contribution in [3.8, 4) is 0 Å². The summed E-state index contributed by atoms with van der Waals surface area (Å²) in [6.45, 7) is 5.00. The summed E-state index contributed by atoms with van der Waals surface area (Å²) in [4.78, 5) is 22.0. The Bertz CT molecular complexity index is 552. The van der Waals surface area contributed by atoms with Gasteiger partial charge in [-0.25, -0.2) is 9.97 Å². The van der Waals surface area contributed by atoms with Crippen molar-refractivity contribution in [2.24, 2.45) is 0 Å². The maximum absolute atomic E-state index is 11.5. The van der Waals surface area contributed by atoms with E-state index in [-0.39, 0.29) is 12.5 Å². The number of nitrogens with one attached hydrogen (secondary N) is 2. The van der Waals surface area contributed by atoms with Gasteiger partial charge >= 0.3 is 0 Å². The number of thiophene rings is 1. The zero-order valence-corrected chi connectivity index (χ0v) is 11.3. The number of aromatic nitrogens is 2. The van der Waals surface area contributed by atoms with E-state index in [0.29, 0.717) is 6.54 Å². The average molecular weight is 264 g/mol. The number of anilines is 1. The van der Waals surface area contributed by atoms with E-state index in [1.165, 1.54) is 11.2 Å². The Hall–Kier alpha value is -1.69. The lowest BCUT2D eigenvalue weighted by molar-refractivity contribution is -0.119. The van der Waals surface area contributed by atoms with Gasteiger partial charge in [-0.3, -0.25) is 4.79 Å². The molecule has 96 valence electrons. The van der Waals surface area contributed by atoms with Crippen molar-refractivity contribution in [3.05, 3.63) is 17.3 Å². The van der Waals surface area contributed by atoms with Crippen molar-refractivity contribution in [1.29, 1.82) is 0 Å². The van der Waals surface area contributed by atoms with Gasteiger partial charge in [0.05, 0.1) is 11.9 Å². The standard InChI is InChI=1S/C12H16N4OS/c1-3-4-13-10(17)6-14-11-9-5-8(2)18-12(9)16-7-15-11/h5,7H,3-4,6H2,1-2H3,(H,13,17)(H,14,15,16). The maximum Gasteiger partial charge on any atom is 0.239 e. The molecule has 0 aromatic carbocycles. The molecule has 1 amide bonds. The first-order valence-corrected chi connectivity index (χ1v) is 6.74. The molecule has 0 atom stereocenters. The third kappa shape index (κ3) is 2.95. The van der Waals surface area contributed by atoms with Crippen molar-refractivity contribution in [2.75, 3.05) is 18.4 Å². The molecule has 18 heavy (non-hydrogen) atoms. The number of nitrogens with zero attached hydrogens (tertiary/aromatic N) is 2. The minimum atomic E-state index is -0.0180. The number of amides is 1. The summed E-state index contributed by atoms with van der Waals surface area (Å²) in [5.41, 5.74) is 0. The quantitative estimate of drug-likeness (QED) is 0.866. The van der Waals surface area contributed by atoms with E-state index < -0.39 is 0 Å². The number of carbonyl (C=O) groups excluding carboxylic acids is 1. The lowest BCUT2D eigenvalue weighted by Crippen LogP contribution is -2.30. The Morgan fingerprint density at radius 2 is 2.28 bits per heavy atom. The fourth-order valence-electron chi connectivity index (χ4n) is 1.61. The Kier molecular flexibility index (Phi) is 4.09. The second-order valence-corrected chi connectivity index (χ2v) is 5.24. The van der Waals surface area contributed by atoms with E-state index in [4.69, 9.17) is 0 Å². The molecular weight excluding hydrogens is 248 g/mol. The number of hydrogen-bond donors (Lipinski definition) is 2. The van der Waals surface area contributed by atoms with Gasteiger partial charge in [-0.2, -0.15) is 0 Å². The first kappa shape index (κ1) is 12.8. The number of fused-ring (bicyclic) bond motifs is 1. The third-order valence-corrected chi connectivity index (χ3v) is 3.40. The molecule has 0 unspecified atom stereocenters. The van der Waals surface area contributed by atoms with Crippen LogP contribution in [0.5, 0.6) is 0 Å². The fourth-order valence-corrected chi connectivity index (χ4v) is 2.46. The van der Waals surface area contributed by atoms with Crippen molar-refractivity contribution in [2.45, 2.75) is 20.3 Å². The first-order valence-electron chi connectivity index (χ1n) is 5.92. The van der Waals surface area contributed by atoms with Crippen LogP contribution in [0.1, 0.15) is 18.2 Å². The van der Waals surface area contributed by atoms with Gasteiger partial charge in [0.15, 0.2) is 0 Å². The van der Waals surface area contributed by atoms with E-state index in [0.717, 1.165) is 22.5 Å². The summed E-state index contributed by atoms with van der Waals surface area (Å²) < 4.78 is 0. The molecule has 2 aromatic rings. The van der Waals surface area contributed by atoms with Gasteiger partial charge in [-0.05, 0) is 19.4 Å². The molecule has 2 N–H and O–H groups in total. The largest absolute Gasteiger partial charge is 0.360 e. The molecule has 0 spiro atoms. The van der Waals surface area contributed by atoms with E-state index in [1.807, 2.05) is 19.9 Å². The number of hydrogen-bond acceptors (Lipinski definition) is 5. The van der Waals surface area contributed by atoms with Crippen LogP contribution in [-0.4, -0.2) is 29.0 Å². The van der Waals surface area contributed by atoms with Gasteiger partial charge in [0.2, 0.25) is 5.91 Å². The molecule has 0 saturated carbocycles. The van der Waals surface area contributed by atoms with Crippen molar-refractivity contribution in [1.82, 2.24) is 15.3 Å². The highest BCUT2D eigenvalue weighted by Crippen LogP contribution is 2.27. The zero-order valence-electron chi connectivity index (χ0n) is 10.5. The second-order valence-electron chi connectivity index (χ2n) is 4.00. The Labute approximate surface area is 110 Å². The lowest BCUT2D eigenvalue weighted by Gasteiger charge is -2.06. The molecule has 0 radical (unpaired) electrons. The molecule has 2 aromatic heterocycles. The van der Waals surface area contributed by atoms with E-state index in [1.54, 1.807) is 11.3 Å². The summed E-state index contributed by atoms with van der Waals surface area (Å²) in [5, 5.41) is 6.84. The van der Waals surface area contributed by atoms with Crippen LogP contribution in [0.4, 0.5) is 5.82 Å². The molecule has 0 aliphatic rings. The number of rotatable bonds is 5. The van der Waals surface area contributed by atoms with Crippen LogP contribution in [0.25, 0.3) is 10.2 Å². The van der Waals surface area contributed by atoms with Crippen molar-refractivity contribution in [3.63, 3.8) is 0 Å². The summed E-state index contributed by atoms with van der Waals surface area (Å²) >= 11 is 1.62. The molecule has 5 nitrogen and oxygen atoms in total. The molecule has 6 heteroatoms. The summed E-state index contributed by atoms with van der Waals surface area (Å²) in [6, 6.07) is 2.03. The molecule has 0 fully saturated rings. The smallest absolute Gasteiger partial charge is 0.239 e. The topological polar surface area (TPSA) is 66.9 Å². The summed E-state index contributed by atoms with van der Waals surface area (Å²) in [5.74, 6) is 0.701. The SMILES string of the molecule is CCCNC(=O)CNc1ncnc2sc(C)cc12. The zero-order chi connectivity index (χ0) is 13.0. The molecule has 0 saturated heterocycles. The fraction of sp³-hybridized carbons (Fsp3) is 0.417. The van der Waals surface area contributed by atoms with Gasteiger partial charge in [-0.15, -0.1) is 11.3 Å². The minimum Gasteiger partial charge on any atom is -0.360 e. The van der Waals surface area contributed by atoms with Gasteiger partial charge < -0.3 is 10.6 Å². The Morgan fingerprint density at radius 1 is 1.44 bits per heavy atom. The van der Waals surface area contributed by atoms with Crippen LogP contribution < -0.4 is 10.6 Å². The number of carbonyl (C=O) groups is 1. The lowest BCUT2D eigenvalue weighted by atomic mass is 10.3. The minimum absolute atomic E-state index is 0.0180. The molecular formula is C12H16N4OS. The molecule has 0 bridgehead atoms. The average Bonchev–Trinajstić information content (AvgIpc) is 2.74. The van der Waals surface area contributed by atoms with E-state index in [9.17, 15) is 4.79 Å². The molecule has 2 heterocycles. The molecule has 2 rings (SSSR count). The summed E-state index contributed by atoms with van der Waals surface area (Å²) in [6.07, 6.45) is 2.46. The highest BCUT2D eigenvalue weighted by atomic mass is 32.1. The summed E-state index contributed by atoms with van der Waals surface area (Å²) in [7, 11) is 0. The Morgan fingerprint density at radius 3 is 3.06 bits per heavy atom. The van der Waals surface area contributed by atoms with Crippen LogP contribution in [0.15, 0.2) is 12.4 Å². The van der Waals surface area contributed by atoms with Gasteiger partial charge in [-0.1, -0.05) is 6.92 Å². The predicted molar refractivity (Wildman–Crippen MR) is 73.9 cm³/mol. The van der Waals surface area contributed by atoms with Crippen LogP contribution >= 0.6 is 11.3 Å². The van der Waals surface area contributed by atoms with E-state index >= 15 is 0 Å². The second kappa shape index (κ2) is 5.77. The monoisotopic (exact) mass is 264 g/mol. The first-order chi connectivity index (χ1) is 8.70. The van der Waals surface area contributed by atoms with Gasteiger partial charge in [0, 0.05) is 11.4 Å². The van der Waals surface area contributed by atoms with E-state index in [2.05, 4.69) is 20.6 Å². The van der Waals surface area contributed by atoms with Gasteiger partial charge in [0.1, 0.15) is 17.0 Å². The molecule has 0 aliphatic heterocycles. The van der Waals surface area contributed by atoms with Crippen LogP contribution in [0.2, 0.25) is 0 Å². The van der Waals surface area contributed by atoms with Crippen LogP contribution in [-0.2, 0) is 4.79 Å². The molecule has 0 aliphatic carbocycles. The highest BCUT2D eigenvalue weighted by Gasteiger charge is 2.07. The highest BCUT2D eigenvalue weighted by molar-refractivity contribution is 7.18. The van der Waals surface area contributed by atoms with Crippen molar-refractivity contribution < 1.29 is 4.79 Å². The normalized spacial score (nSPS) is 10.6. The predicted octanol–water partition coefficient (Wildman–Crippen LogP) is 1.94. The van der Waals surface area contributed by atoms with Gasteiger partial charge in [0.25, 0.3) is 0 Å². The Balaban J connectivity index is 2.05. The van der Waals surface area contributed by atoms with Crippen LogP contribution in [0, 0.1) is 6.92 Å². The third-order valence-electron chi connectivity index (χ3n) is 2.44. The van der Waals surface area contributed by atoms with Crippen molar-refractivity contribution >= 4 is 33.3 Å². The number of aryl methyl sites for hydroxylation is 1. The maximum atomic E-state index is 11.5.